The summed E-state index contributed by atoms with van der Waals surface area (Å²) < 4.78 is 1.46. The molecular weight excluding hydrogens is 683 g/mol. The third kappa shape index (κ3) is 7.68. The average Bonchev–Trinajstić information content (AvgIpc) is 3.19. The van der Waals surface area contributed by atoms with Crippen LogP contribution in [0, 0.1) is 5.92 Å². The SMILES string of the molecule is NC(=O)c1ncc(N2CCCCC2)nc1Nc1ccc(C2CCN(CC3CCN(c4ccc5c(=O)n(C6CCC(=O)NC6=O)ccc5c4)CC3)CC2)cc1. The minimum atomic E-state index is -0.659. The van der Waals surface area contributed by atoms with Crippen LogP contribution in [0.4, 0.5) is 23.0 Å². The van der Waals surface area contributed by atoms with Crippen LogP contribution in [0.5, 0.6) is 0 Å². The lowest BCUT2D eigenvalue weighted by Gasteiger charge is -2.38. The van der Waals surface area contributed by atoms with E-state index < -0.39 is 17.9 Å². The number of benzene rings is 2. The molecule has 0 bridgehead atoms. The van der Waals surface area contributed by atoms with Crippen molar-refractivity contribution < 1.29 is 14.4 Å². The predicted octanol–water partition coefficient (Wildman–Crippen LogP) is 4.70. The summed E-state index contributed by atoms with van der Waals surface area (Å²) in [5.74, 6) is 1.03. The largest absolute Gasteiger partial charge is 0.371 e. The molecule has 0 saturated carbocycles. The number of hydrogen-bond donors (Lipinski definition) is 3. The smallest absolute Gasteiger partial charge is 0.271 e. The van der Waals surface area contributed by atoms with E-state index in [4.69, 9.17) is 10.7 Å². The van der Waals surface area contributed by atoms with Crippen molar-refractivity contribution >= 4 is 51.5 Å². The quantitative estimate of drug-likeness (QED) is 0.206. The fraction of sp³-hybridized carbons (Fsp3) is 0.463. The summed E-state index contributed by atoms with van der Waals surface area (Å²) in [5.41, 5.74) is 8.89. The van der Waals surface area contributed by atoms with Crippen LogP contribution in [0.25, 0.3) is 10.8 Å². The number of amides is 3. The number of pyridine rings is 1. The maximum absolute atomic E-state index is 13.3. The van der Waals surface area contributed by atoms with Gasteiger partial charge in [-0.2, -0.15) is 0 Å². The molecule has 3 amide bonds. The van der Waals surface area contributed by atoms with Gasteiger partial charge in [-0.1, -0.05) is 12.1 Å². The molecule has 4 fully saturated rings. The molecular formula is C41H49N9O4. The number of aromatic nitrogens is 3. The van der Waals surface area contributed by atoms with Crippen LogP contribution in [0.2, 0.25) is 0 Å². The third-order valence-corrected chi connectivity index (χ3v) is 11.9. The van der Waals surface area contributed by atoms with Crippen molar-refractivity contribution in [3.05, 3.63) is 82.5 Å². The maximum atomic E-state index is 13.3. The van der Waals surface area contributed by atoms with E-state index in [9.17, 15) is 19.2 Å². The standard InChI is InChI=1S/C41H49N9O4/c42-38(52)37-39(45-35(25-43-37)49-17-2-1-3-18-49)44-31-6-4-28(5-7-31)29-14-19-47(20-15-29)26-27-12-21-48(22-13-27)32-8-9-33-30(24-32)16-23-50(41(33)54)34-10-11-36(51)46-40(34)53/h4-9,16,23-25,27,29,34H,1-3,10-15,17-22,26H2,(H2,42,52)(H,44,45)(H,46,51,53). The lowest BCUT2D eigenvalue weighted by atomic mass is 9.88. The first-order chi connectivity index (χ1) is 26.3. The van der Waals surface area contributed by atoms with Gasteiger partial charge in [-0.15, -0.1) is 0 Å². The van der Waals surface area contributed by atoms with Crippen LogP contribution < -0.4 is 31.7 Å². The molecule has 0 spiro atoms. The number of fused-ring (bicyclic) bond motifs is 1. The van der Waals surface area contributed by atoms with Crippen molar-refractivity contribution in [2.45, 2.75) is 69.7 Å². The summed E-state index contributed by atoms with van der Waals surface area (Å²) in [7, 11) is 0. The first kappa shape index (κ1) is 35.7. The van der Waals surface area contributed by atoms with Crippen LogP contribution in [0.1, 0.15) is 85.8 Å². The number of likely N-dealkylation sites (tertiary alicyclic amines) is 1. The fourth-order valence-electron chi connectivity index (χ4n) is 8.73. The van der Waals surface area contributed by atoms with Gasteiger partial charge in [0, 0.05) is 62.1 Å². The number of imide groups is 1. The van der Waals surface area contributed by atoms with Gasteiger partial charge in [-0.25, -0.2) is 9.97 Å². The summed E-state index contributed by atoms with van der Waals surface area (Å²) in [4.78, 5) is 65.8. The van der Waals surface area contributed by atoms with E-state index in [-0.39, 0.29) is 23.6 Å². The molecule has 4 saturated heterocycles. The van der Waals surface area contributed by atoms with Gasteiger partial charge in [0.05, 0.1) is 6.20 Å². The molecule has 4 N–H and O–H groups in total. The zero-order valence-electron chi connectivity index (χ0n) is 30.7. The molecule has 4 aliphatic heterocycles. The number of carbonyl (C=O) groups excluding carboxylic acids is 3. The topological polar surface area (TPSA) is 159 Å². The monoisotopic (exact) mass is 731 g/mol. The molecule has 1 atom stereocenters. The molecule has 13 heteroatoms. The fourth-order valence-corrected chi connectivity index (χ4v) is 8.73. The first-order valence-electron chi connectivity index (χ1n) is 19.5. The van der Waals surface area contributed by atoms with E-state index in [0.29, 0.717) is 29.5 Å². The Bertz CT molecular complexity index is 2080. The van der Waals surface area contributed by atoms with Crippen LogP contribution >= 0.6 is 0 Å². The number of nitrogens with one attached hydrogen (secondary N) is 2. The van der Waals surface area contributed by atoms with Crippen LogP contribution in [-0.4, -0.2) is 83.0 Å². The Morgan fingerprint density at radius 2 is 1.61 bits per heavy atom. The summed E-state index contributed by atoms with van der Waals surface area (Å²) in [6.07, 6.45) is 11.9. The summed E-state index contributed by atoms with van der Waals surface area (Å²) in [6.45, 7) is 7.15. The zero-order valence-corrected chi connectivity index (χ0v) is 30.7. The highest BCUT2D eigenvalue weighted by molar-refractivity contribution is 5.99. The van der Waals surface area contributed by atoms with E-state index in [0.717, 1.165) is 107 Å². The van der Waals surface area contributed by atoms with E-state index in [1.807, 2.05) is 18.2 Å². The molecule has 1 unspecified atom stereocenters. The number of nitrogens with two attached hydrogens (primary N) is 1. The highest BCUT2D eigenvalue weighted by atomic mass is 16.2. The lowest BCUT2D eigenvalue weighted by Crippen LogP contribution is -2.44. The average molecular weight is 732 g/mol. The number of primary amides is 1. The third-order valence-electron chi connectivity index (χ3n) is 11.9. The van der Waals surface area contributed by atoms with Gasteiger partial charge in [0.1, 0.15) is 11.9 Å². The second kappa shape index (κ2) is 15.6. The van der Waals surface area contributed by atoms with E-state index in [2.05, 4.69) is 60.6 Å². The molecule has 0 radical (unpaired) electrons. The second-order valence-electron chi connectivity index (χ2n) is 15.4. The van der Waals surface area contributed by atoms with Gasteiger partial charge in [0.2, 0.25) is 11.8 Å². The first-order valence-corrected chi connectivity index (χ1v) is 19.5. The summed E-state index contributed by atoms with van der Waals surface area (Å²) in [5, 5.41) is 7.10. The number of carbonyl (C=O) groups is 3. The molecule has 8 rings (SSSR count). The van der Waals surface area contributed by atoms with Crippen molar-refractivity contribution in [2.75, 3.05) is 60.9 Å². The van der Waals surface area contributed by atoms with Crippen molar-refractivity contribution in [3.63, 3.8) is 0 Å². The molecule has 282 valence electrons. The van der Waals surface area contributed by atoms with E-state index in [1.54, 1.807) is 12.4 Å². The number of hydrogen-bond acceptors (Lipinski definition) is 10. The molecule has 4 aromatic rings. The Kier molecular flexibility index (Phi) is 10.3. The zero-order chi connectivity index (χ0) is 37.2. The predicted molar refractivity (Wildman–Crippen MR) is 209 cm³/mol. The Hall–Kier alpha value is -5.30. The van der Waals surface area contributed by atoms with Gasteiger partial charge in [0.25, 0.3) is 11.5 Å². The summed E-state index contributed by atoms with van der Waals surface area (Å²) in [6, 6.07) is 15.7. The Labute approximate surface area is 314 Å². The molecule has 4 aliphatic rings. The van der Waals surface area contributed by atoms with Gasteiger partial charge >= 0.3 is 0 Å². The maximum Gasteiger partial charge on any atom is 0.271 e. The Balaban J connectivity index is 0.817. The Morgan fingerprint density at radius 3 is 2.33 bits per heavy atom. The van der Waals surface area contributed by atoms with Crippen molar-refractivity contribution in [2.24, 2.45) is 11.7 Å². The van der Waals surface area contributed by atoms with Gasteiger partial charge in [-0.05, 0) is 124 Å². The Morgan fingerprint density at radius 1 is 0.852 bits per heavy atom. The number of anilines is 4. The van der Waals surface area contributed by atoms with Crippen LogP contribution in [-0.2, 0) is 9.59 Å². The molecule has 2 aromatic carbocycles. The van der Waals surface area contributed by atoms with Crippen molar-refractivity contribution in [1.82, 2.24) is 24.8 Å². The van der Waals surface area contributed by atoms with Crippen LogP contribution in [0.15, 0.2) is 65.7 Å². The number of nitrogens with zero attached hydrogens (tertiary/aromatic N) is 6. The van der Waals surface area contributed by atoms with Gasteiger partial charge in [0.15, 0.2) is 11.5 Å². The lowest BCUT2D eigenvalue weighted by molar-refractivity contribution is -0.135. The molecule has 0 aliphatic carbocycles. The normalized spacial score (nSPS) is 20.6. The van der Waals surface area contributed by atoms with Gasteiger partial charge in [-0.3, -0.25) is 24.5 Å². The highest BCUT2D eigenvalue weighted by Gasteiger charge is 2.30. The van der Waals surface area contributed by atoms with E-state index >= 15 is 0 Å². The van der Waals surface area contributed by atoms with Crippen molar-refractivity contribution in [3.8, 4) is 0 Å². The van der Waals surface area contributed by atoms with Crippen LogP contribution in [0.3, 0.4) is 0 Å². The molecule has 54 heavy (non-hydrogen) atoms. The molecule has 13 nitrogen and oxygen atoms in total. The molecule has 6 heterocycles. The second-order valence-corrected chi connectivity index (χ2v) is 15.4. The highest BCUT2D eigenvalue weighted by Crippen LogP contribution is 2.32. The van der Waals surface area contributed by atoms with Gasteiger partial charge < -0.3 is 30.3 Å². The van der Waals surface area contributed by atoms with Crippen molar-refractivity contribution in [1.29, 1.82) is 0 Å². The number of piperidine rings is 4. The minimum absolute atomic E-state index is 0.146. The molecule has 2 aromatic heterocycles. The number of rotatable bonds is 9. The summed E-state index contributed by atoms with van der Waals surface area (Å²) >= 11 is 0. The minimum Gasteiger partial charge on any atom is -0.371 e. The van der Waals surface area contributed by atoms with E-state index in [1.165, 1.54) is 16.6 Å².